The van der Waals surface area contributed by atoms with Crippen LogP contribution in [0.1, 0.15) is 107 Å². The quantitative estimate of drug-likeness (QED) is 0.0119. The molecule has 510 valence electrons. The molecule has 0 bridgehead atoms. The third-order valence-corrected chi connectivity index (χ3v) is 10.6. The second kappa shape index (κ2) is 71.4. The Morgan fingerprint density at radius 1 is 0.516 bits per heavy atom. The van der Waals surface area contributed by atoms with Crippen LogP contribution in [0.2, 0.25) is 0 Å². The Labute approximate surface area is 547 Å². The number of nitrogens with zero attached hydrogens (tertiary/aromatic N) is 22. The Hall–Kier alpha value is -7.69. The van der Waals surface area contributed by atoms with E-state index >= 15 is 0 Å². The summed E-state index contributed by atoms with van der Waals surface area (Å²) in [5, 5.41) is 52.5. The SMILES string of the molecule is CC(C)(C)OC(=O)N(CCN=[N+]=[N-])Cc1ccc(CCCCN=[N+]=[N-])cc1.CCCN=[N+]=[N-].CCCO.CCCOS(C)(=O)=O.NCCO.[Cl-].[Cl-].[N-]=[N+]=NCCNCc1ccc(CNCCN=[N+]=[N-])cc1.[N-]=[N+]=NCCNCc1ccc(CNCCN=[N+]=[N-])cc1. The molecule has 8 N–H and O–H groups in total. The predicted octanol–water partition coefficient (Wildman–Crippen LogP) is 5.75. The summed E-state index contributed by atoms with van der Waals surface area (Å²) >= 11 is 0. The van der Waals surface area contributed by atoms with Crippen LogP contribution in [-0.4, -0.2) is 146 Å². The highest BCUT2D eigenvalue weighted by molar-refractivity contribution is 7.85. The molecule has 0 saturated heterocycles. The van der Waals surface area contributed by atoms with E-state index in [1.807, 2.05) is 65.8 Å². The summed E-state index contributed by atoms with van der Waals surface area (Å²) < 4.78 is 30.1. The first-order valence-electron chi connectivity index (χ1n) is 28.8. The number of aliphatic hydroxyl groups excluding tert-OH is 2. The molecule has 34 nitrogen and oxygen atoms in total. The number of benzene rings is 3. The Bertz CT molecular complexity index is 2510. The molecule has 0 aromatic heterocycles. The zero-order valence-corrected chi connectivity index (χ0v) is 55.9. The van der Waals surface area contributed by atoms with Gasteiger partial charge in [-0.2, -0.15) is 8.42 Å². The lowest BCUT2D eigenvalue weighted by Crippen LogP contribution is -3.00. The van der Waals surface area contributed by atoms with E-state index in [-0.39, 0.29) is 38.0 Å². The normalized spacial score (nSPS) is 9.47. The molecule has 0 saturated carbocycles. The smallest absolute Gasteiger partial charge is 0.410 e. The van der Waals surface area contributed by atoms with Gasteiger partial charge in [-0.1, -0.05) is 136 Å². The van der Waals surface area contributed by atoms with Crippen molar-refractivity contribution < 1.29 is 57.2 Å². The van der Waals surface area contributed by atoms with Crippen molar-refractivity contribution in [1.82, 2.24) is 26.2 Å². The van der Waals surface area contributed by atoms with Gasteiger partial charge in [-0.25, -0.2) is 4.79 Å². The van der Waals surface area contributed by atoms with Gasteiger partial charge in [0.05, 0.1) is 19.5 Å². The van der Waals surface area contributed by atoms with Crippen molar-refractivity contribution >= 4 is 16.2 Å². The Morgan fingerprint density at radius 2 is 0.835 bits per heavy atom. The second-order valence-electron chi connectivity index (χ2n) is 19.0. The number of nitrogens with one attached hydrogen (secondary N) is 4. The molecule has 0 aliphatic carbocycles. The fourth-order valence-corrected chi connectivity index (χ4v) is 6.38. The summed E-state index contributed by atoms with van der Waals surface area (Å²) in [6.45, 7) is 21.8. The molecule has 0 spiro atoms. The first kappa shape index (κ1) is 94.4. The van der Waals surface area contributed by atoms with E-state index in [1.165, 1.54) is 32.7 Å². The van der Waals surface area contributed by atoms with E-state index < -0.39 is 21.8 Å². The number of amides is 1. The van der Waals surface area contributed by atoms with Crippen molar-refractivity contribution in [3.8, 4) is 0 Å². The Kier molecular flexibility index (Phi) is 74.1. The van der Waals surface area contributed by atoms with Crippen molar-refractivity contribution in [3.63, 3.8) is 0 Å². The van der Waals surface area contributed by atoms with Crippen LogP contribution in [0.25, 0.3) is 73.1 Å². The number of aliphatic hydroxyl groups is 2. The maximum absolute atomic E-state index is 12.4. The molecule has 3 aromatic rings. The van der Waals surface area contributed by atoms with Gasteiger partial charge in [0.15, 0.2) is 0 Å². The molecule has 0 heterocycles. The average molecular weight is 1340 g/mol. The molecule has 0 unspecified atom stereocenters. The topological polar surface area (TPSA) is 529 Å². The monoisotopic (exact) mass is 1340 g/mol. The maximum Gasteiger partial charge on any atom is 0.410 e. The lowest BCUT2D eigenvalue weighted by Gasteiger charge is -2.27. The number of ether oxygens (including phenoxy) is 1. The summed E-state index contributed by atoms with van der Waals surface area (Å²) in [6, 6.07) is 24.5. The fourth-order valence-electron chi connectivity index (χ4n) is 5.91. The van der Waals surface area contributed by atoms with Gasteiger partial charge in [-0.15, -0.1) is 0 Å². The zero-order valence-electron chi connectivity index (χ0n) is 53.5. The van der Waals surface area contributed by atoms with Crippen molar-refractivity contribution in [2.45, 2.75) is 118 Å². The standard InChI is InChI=1S/C18H27N7O2.2C12H18N8.C4H10O3S.C3H7N3.C3H8O.C2H7NO.2ClH/c1-18(2,3)27-17(26)25(13-12-22-24-20)14-16-9-7-15(8-10-16)6-4-5-11-21-23-19;2*13-19-17-7-5-15-9-11-1-2-12(4-3-11)10-16-6-8-18-20-14;1-3-4-7-8(2,5)6;1-2-3-5-6-4;1-2-3-4;3-1-2-4;;/h7-10H,4-6,11-14H2,1-3H3;2*1-4,15-16H,5-10H2;3-4H2,1-2H3;2-3H2,1H3;4H,2-3H2,1H3;4H,1-3H2;2*1H/p-2. The molecule has 1 amide bonds. The molecule has 0 aliphatic heterocycles. The van der Waals surface area contributed by atoms with Crippen LogP contribution in [0.4, 0.5) is 4.79 Å². The summed E-state index contributed by atoms with van der Waals surface area (Å²) in [5.74, 6) is 0. The molecule has 3 aromatic carbocycles. The number of hydrogen-bond donors (Lipinski definition) is 7. The van der Waals surface area contributed by atoms with Gasteiger partial charge in [-0.05, 0) is 125 Å². The van der Waals surface area contributed by atoms with Crippen molar-refractivity contribution in [2.75, 3.05) is 111 Å². The molecular formula is C54H95Cl2N27O7S-2. The minimum atomic E-state index is -3.19. The minimum Gasteiger partial charge on any atom is -1.00 e. The highest BCUT2D eigenvalue weighted by atomic mass is 35.5. The van der Waals surface area contributed by atoms with Crippen molar-refractivity contribution in [3.05, 3.63) is 179 Å². The Balaban J connectivity index is -0.000000254. The van der Waals surface area contributed by atoms with E-state index in [0.717, 1.165) is 76.5 Å². The average Bonchev–Trinajstić information content (AvgIpc) is 3.29. The highest BCUT2D eigenvalue weighted by Crippen LogP contribution is 2.15. The lowest BCUT2D eigenvalue weighted by molar-refractivity contribution is -0.00100. The highest BCUT2D eigenvalue weighted by Gasteiger charge is 2.22. The second-order valence-corrected chi connectivity index (χ2v) is 20.6. The van der Waals surface area contributed by atoms with Crippen LogP contribution in [0.3, 0.4) is 0 Å². The number of hydrogen-bond acceptors (Lipinski definition) is 19. The first-order chi connectivity index (χ1) is 42.9. The third kappa shape index (κ3) is 72.9. The van der Waals surface area contributed by atoms with Gasteiger partial charge in [0.1, 0.15) is 5.60 Å². The molecule has 0 aliphatic rings. The van der Waals surface area contributed by atoms with E-state index in [2.05, 4.69) is 144 Å². The van der Waals surface area contributed by atoms with E-state index in [9.17, 15) is 13.2 Å². The van der Waals surface area contributed by atoms with Gasteiger partial charge >= 0.3 is 6.09 Å². The fraction of sp³-hybridized carbons (Fsp3) is 0.648. The minimum absolute atomic E-state index is 0. The molecule has 0 radical (unpaired) electrons. The van der Waals surface area contributed by atoms with Crippen LogP contribution < -0.4 is 51.8 Å². The van der Waals surface area contributed by atoms with Crippen LogP contribution in [0.5, 0.6) is 0 Å². The van der Waals surface area contributed by atoms with E-state index in [4.69, 9.17) is 59.4 Å². The Morgan fingerprint density at radius 3 is 1.11 bits per heavy atom. The number of halogens is 2. The number of nitrogens with two attached hydrogens (primary N) is 1. The lowest BCUT2D eigenvalue weighted by atomic mass is 10.1. The zero-order chi connectivity index (χ0) is 67.3. The summed E-state index contributed by atoms with van der Waals surface area (Å²) in [6.07, 6.45) is 5.87. The van der Waals surface area contributed by atoms with E-state index in [0.29, 0.717) is 98.3 Å². The van der Waals surface area contributed by atoms with Gasteiger partial charge in [0.25, 0.3) is 10.1 Å². The molecular weight excluding hydrogens is 1240 g/mol. The number of unbranched alkanes of at least 4 members (excludes halogenated alkanes) is 1. The van der Waals surface area contributed by atoms with Crippen LogP contribution in [0, 0.1) is 0 Å². The largest absolute Gasteiger partial charge is 1.00 e. The predicted molar refractivity (Wildman–Crippen MR) is 349 cm³/mol. The third-order valence-electron chi connectivity index (χ3n) is 10.0. The van der Waals surface area contributed by atoms with Gasteiger partial charge in [0, 0.05) is 159 Å². The first-order valence-corrected chi connectivity index (χ1v) is 30.6. The van der Waals surface area contributed by atoms with Crippen LogP contribution >= 0.6 is 0 Å². The summed E-state index contributed by atoms with van der Waals surface area (Å²) in [7, 11) is -3.19. The summed E-state index contributed by atoms with van der Waals surface area (Å²) in [5.41, 5.74) is 68.0. The van der Waals surface area contributed by atoms with Gasteiger partial charge in [-0.3, -0.25) is 4.18 Å². The van der Waals surface area contributed by atoms with Crippen molar-refractivity contribution in [1.29, 1.82) is 0 Å². The molecule has 37 heteroatoms. The number of carbonyl (C=O) groups excluding carboxylic acids is 1. The number of aryl methyl sites for hydroxylation is 1. The molecule has 91 heavy (non-hydrogen) atoms. The molecule has 0 fully saturated rings. The number of rotatable bonds is 37. The van der Waals surface area contributed by atoms with Crippen LogP contribution in [0.15, 0.2) is 109 Å². The maximum atomic E-state index is 12.4. The number of carbonyl (C=O) groups is 1. The summed E-state index contributed by atoms with van der Waals surface area (Å²) in [4.78, 5) is 32.7. The molecule has 3 rings (SSSR count). The van der Waals surface area contributed by atoms with Crippen LogP contribution in [-0.2, 0) is 58.2 Å². The van der Waals surface area contributed by atoms with Gasteiger partial charge in [0.2, 0.25) is 0 Å². The van der Waals surface area contributed by atoms with E-state index in [1.54, 1.807) is 0 Å². The van der Waals surface area contributed by atoms with Gasteiger partial charge < -0.3 is 71.7 Å². The van der Waals surface area contributed by atoms with Crippen molar-refractivity contribution in [2.24, 2.45) is 41.5 Å². The molecule has 0 atom stereocenters. The number of azide groups is 7.